The van der Waals surface area contributed by atoms with Crippen LogP contribution in [-0.2, 0) is 11.2 Å². The van der Waals surface area contributed by atoms with Gasteiger partial charge in [0.1, 0.15) is 11.5 Å². The minimum absolute atomic E-state index is 0.184. The molecule has 4 rings (SSSR count). The number of nitrogens with one attached hydrogen (secondary N) is 1. The Balaban J connectivity index is 1.56. The lowest BCUT2D eigenvalue weighted by Crippen LogP contribution is -2.37. The molecule has 3 N–H and O–H groups in total. The first kappa shape index (κ1) is 23.6. The van der Waals surface area contributed by atoms with Crippen LogP contribution in [0.15, 0.2) is 48.7 Å². The molecule has 0 aliphatic carbocycles. The number of nitrogens with two attached hydrogens (primary N) is 1. The molecule has 9 nitrogen and oxygen atoms in total. The largest absolute Gasteiger partial charge is 0.370 e. The Labute approximate surface area is 199 Å². The highest BCUT2D eigenvalue weighted by molar-refractivity contribution is 6.02. The van der Waals surface area contributed by atoms with Crippen molar-refractivity contribution < 1.29 is 9.59 Å². The van der Waals surface area contributed by atoms with E-state index in [-0.39, 0.29) is 18.0 Å². The topological polar surface area (TPSA) is 119 Å². The number of piperidine rings is 1. The molecule has 3 aromatic heterocycles. The van der Waals surface area contributed by atoms with Crippen LogP contribution in [0.5, 0.6) is 0 Å². The number of carbonyl (C=O) groups is 2. The summed E-state index contributed by atoms with van der Waals surface area (Å²) < 4.78 is 1.68. The predicted molar refractivity (Wildman–Crippen MR) is 130 cm³/mol. The number of carbonyl (C=O) groups excluding carboxylic acids is 2. The Bertz CT molecular complexity index is 1140. The van der Waals surface area contributed by atoms with Gasteiger partial charge in [-0.2, -0.15) is 9.78 Å². The van der Waals surface area contributed by atoms with Crippen LogP contribution in [0.2, 0.25) is 0 Å². The Morgan fingerprint density at radius 3 is 2.62 bits per heavy atom. The second-order valence-electron chi connectivity index (χ2n) is 8.89. The van der Waals surface area contributed by atoms with Crippen LogP contribution >= 0.6 is 0 Å². The molecule has 0 saturated carbocycles. The highest BCUT2D eigenvalue weighted by atomic mass is 16.2. The third kappa shape index (κ3) is 5.66. The van der Waals surface area contributed by atoms with Gasteiger partial charge in [-0.3, -0.25) is 9.59 Å². The quantitative estimate of drug-likeness (QED) is 0.532. The summed E-state index contributed by atoms with van der Waals surface area (Å²) in [6, 6.07) is 13.2. The third-order valence-corrected chi connectivity index (χ3v) is 6.18. The highest BCUT2D eigenvalue weighted by Gasteiger charge is 2.26. The van der Waals surface area contributed by atoms with Gasteiger partial charge in [0.05, 0.1) is 5.69 Å². The molecule has 9 heteroatoms. The molecule has 34 heavy (non-hydrogen) atoms. The molecule has 0 bridgehead atoms. The number of aryl methyl sites for hydroxylation is 1. The van der Waals surface area contributed by atoms with Crippen molar-refractivity contribution in [2.24, 2.45) is 5.73 Å². The van der Waals surface area contributed by atoms with E-state index < -0.39 is 5.91 Å². The molecular formula is C25H31N7O2. The lowest BCUT2D eigenvalue weighted by Gasteiger charge is -2.33. The molecule has 0 aromatic carbocycles. The first-order chi connectivity index (χ1) is 16.4. The van der Waals surface area contributed by atoms with E-state index in [0.29, 0.717) is 35.7 Å². The van der Waals surface area contributed by atoms with Crippen molar-refractivity contribution in [3.8, 4) is 5.82 Å². The minimum Gasteiger partial charge on any atom is -0.370 e. The molecule has 0 spiro atoms. The van der Waals surface area contributed by atoms with E-state index in [9.17, 15) is 9.59 Å². The predicted octanol–water partition coefficient (Wildman–Crippen LogP) is 2.92. The number of nitrogens with zero attached hydrogens (tertiary/aromatic N) is 5. The number of amides is 2. The number of pyridine rings is 2. The van der Waals surface area contributed by atoms with Crippen molar-refractivity contribution in [3.63, 3.8) is 0 Å². The van der Waals surface area contributed by atoms with Gasteiger partial charge in [0.15, 0.2) is 5.82 Å². The lowest BCUT2D eigenvalue weighted by molar-refractivity contribution is -0.118. The highest BCUT2D eigenvalue weighted by Crippen LogP contribution is 2.30. The number of primary amides is 1. The van der Waals surface area contributed by atoms with Gasteiger partial charge in [0, 0.05) is 36.3 Å². The zero-order valence-electron chi connectivity index (χ0n) is 19.6. The van der Waals surface area contributed by atoms with Crippen LogP contribution < -0.4 is 11.1 Å². The Hall–Kier alpha value is -3.59. The molecule has 1 saturated heterocycles. The molecule has 1 aliphatic heterocycles. The molecule has 2 amide bonds. The van der Waals surface area contributed by atoms with Crippen molar-refractivity contribution in [2.45, 2.75) is 51.5 Å². The summed E-state index contributed by atoms with van der Waals surface area (Å²) in [5.74, 6) is 0.758. The van der Waals surface area contributed by atoms with E-state index in [1.54, 1.807) is 29.1 Å². The first-order valence-corrected chi connectivity index (χ1v) is 11.7. The van der Waals surface area contributed by atoms with Gasteiger partial charge in [0.25, 0.3) is 5.91 Å². The summed E-state index contributed by atoms with van der Waals surface area (Å²) in [4.78, 5) is 35.4. The zero-order chi connectivity index (χ0) is 24.1. The second kappa shape index (κ2) is 10.6. The van der Waals surface area contributed by atoms with Crippen LogP contribution in [0.1, 0.15) is 60.9 Å². The van der Waals surface area contributed by atoms with Gasteiger partial charge in [-0.1, -0.05) is 12.1 Å². The first-order valence-electron chi connectivity index (χ1n) is 11.7. The van der Waals surface area contributed by atoms with Crippen molar-refractivity contribution in [1.29, 1.82) is 0 Å². The van der Waals surface area contributed by atoms with Crippen molar-refractivity contribution >= 4 is 17.6 Å². The van der Waals surface area contributed by atoms with E-state index in [1.807, 2.05) is 24.3 Å². The standard InChI is InChI=1S/C25H31N7O2/c1-17(2)31-14-11-18(12-15-31)21-16-24(32(30-21)23-8-3-4-13-27-23)29-25(34)20-7-5-6-19(28-20)9-10-22(26)33/h3-8,13,16-18H,9-12,14-15H2,1-2H3,(H2,26,33)(H,29,34). The molecule has 3 aromatic rings. The fraction of sp³-hybridized carbons (Fsp3) is 0.400. The number of likely N-dealkylation sites (tertiary alicyclic amines) is 1. The van der Waals surface area contributed by atoms with E-state index in [4.69, 9.17) is 10.8 Å². The lowest BCUT2D eigenvalue weighted by atomic mass is 9.93. The van der Waals surface area contributed by atoms with Gasteiger partial charge < -0.3 is 16.0 Å². The third-order valence-electron chi connectivity index (χ3n) is 6.18. The maximum atomic E-state index is 13.1. The normalized spacial score (nSPS) is 14.9. The van der Waals surface area contributed by atoms with Crippen molar-refractivity contribution in [1.82, 2.24) is 24.6 Å². The Morgan fingerprint density at radius 1 is 1.15 bits per heavy atom. The van der Waals surface area contributed by atoms with E-state index in [1.165, 1.54) is 0 Å². The summed E-state index contributed by atoms with van der Waals surface area (Å²) in [6.45, 7) is 6.51. The van der Waals surface area contributed by atoms with Crippen LogP contribution in [0, 0.1) is 0 Å². The number of hydrogen-bond acceptors (Lipinski definition) is 6. The van der Waals surface area contributed by atoms with Crippen molar-refractivity contribution in [2.75, 3.05) is 18.4 Å². The van der Waals surface area contributed by atoms with Crippen LogP contribution in [0.25, 0.3) is 5.82 Å². The van der Waals surface area contributed by atoms with Crippen LogP contribution in [0.3, 0.4) is 0 Å². The molecular weight excluding hydrogens is 430 g/mol. The smallest absolute Gasteiger partial charge is 0.275 e. The zero-order valence-corrected chi connectivity index (χ0v) is 19.6. The second-order valence-corrected chi connectivity index (χ2v) is 8.89. The fourth-order valence-electron chi connectivity index (χ4n) is 4.23. The van der Waals surface area contributed by atoms with Crippen molar-refractivity contribution in [3.05, 3.63) is 65.7 Å². The maximum absolute atomic E-state index is 13.1. The Kier molecular flexibility index (Phi) is 7.32. The minimum atomic E-state index is -0.400. The summed E-state index contributed by atoms with van der Waals surface area (Å²) in [5.41, 5.74) is 7.09. The number of anilines is 1. The summed E-state index contributed by atoms with van der Waals surface area (Å²) in [5, 5.41) is 7.80. The molecule has 1 aliphatic rings. The van der Waals surface area contributed by atoms with Crippen LogP contribution in [0.4, 0.5) is 5.82 Å². The van der Waals surface area contributed by atoms with Gasteiger partial charge in [-0.15, -0.1) is 0 Å². The maximum Gasteiger partial charge on any atom is 0.275 e. The number of hydrogen-bond donors (Lipinski definition) is 2. The van der Waals surface area contributed by atoms with Gasteiger partial charge in [-0.25, -0.2) is 9.97 Å². The summed E-state index contributed by atoms with van der Waals surface area (Å²) >= 11 is 0. The van der Waals surface area contributed by atoms with E-state index >= 15 is 0 Å². The molecule has 0 radical (unpaired) electrons. The monoisotopic (exact) mass is 461 g/mol. The van der Waals surface area contributed by atoms with Crippen LogP contribution in [-0.4, -0.2) is 55.6 Å². The van der Waals surface area contributed by atoms with Gasteiger partial charge in [0.2, 0.25) is 5.91 Å². The van der Waals surface area contributed by atoms with E-state index in [0.717, 1.165) is 31.6 Å². The SMILES string of the molecule is CC(C)N1CCC(c2cc(NC(=O)c3cccc(CCC(N)=O)n3)n(-c3ccccn3)n2)CC1. The number of aromatic nitrogens is 4. The van der Waals surface area contributed by atoms with E-state index in [2.05, 4.69) is 34.0 Å². The summed E-state index contributed by atoms with van der Waals surface area (Å²) in [7, 11) is 0. The average Bonchev–Trinajstić information content (AvgIpc) is 3.27. The molecule has 1 fully saturated rings. The van der Waals surface area contributed by atoms with Gasteiger partial charge >= 0.3 is 0 Å². The number of rotatable bonds is 8. The van der Waals surface area contributed by atoms with Gasteiger partial charge in [-0.05, 0) is 70.5 Å². The molecule has 4 heterocycles. The Morgan fingerprint density at radius 2 is 1.94 bits per heavy atom. The summed E-state index contributed by atoms with van der Waals surface area (Å²) in [6.07, 6.45) is 4.32. The molecule has 0 unspecified atom stereocenters. The fourth-order valence-corrected chi connectivity index (χ4v) is 4.23. The molecule has 0 atom stereocenters. The molecule has 178 valence electrons. The average molecular weight is 462 g/mol.